The van der Waals surface area contributed by atoms with Crippen molar-refractivity contribution >= 4 is 23.6 Å². The van der Waals surface area contributed by atoms with Gasteiger partial charge in [0.1, 0.15) is 24.2 Å². The smallest absolute Gasteiger partial charge is 0.246 e. The van der Waals surface area contributed by atoms with Crippen LogP contribution in [0.1, 0.15) is 30.9 Å². The topological polar surface area (TPSA) is 108 Å². The van der Waals surface area contributed by atoms with E-state index in [1.54, 1.807) is 11.8 Å². The zero-order valence-corrected chi connectivity index (χ0v) is 19.2. The van der Waals surface area contributed by atoms with Crippen molar-refractivity contribution in [3.8, 4) is 0 Å². The van der Waals surface area contributed by atoms with Crippen molar-refractivity contribution in [1.82, 2.24) is 20.9 Å². The Morgan fingerprint density at radius 3 is 1.91 bits per heavy atom. The molecule has 0 spiro atoms. The highest BCUT2D eigenvalue weighted by Crippen LogP contribution is 2.21. The van der Waals surface area contributed by atoms with Crippen LogP contribution in [0.15, 0.2) is 60.7 Å². The Morgan fingerprint density at radius 1 is 0.735 bits per heavy atom. The minimum atomic E-state index is -0.873. The molecule has 34 heavy (non-hydrogen) atoms. The molecule has 0 radical (unpaired) electrons. The molecule has 2 aliphatic heterocycles. The van der Waals surface area contributed by atoms with E-state index >= 15 is 0 Å². The second-order valence-corrected chi connectivity index (χ2v) is 8.92. The molecule has 2 aliphatic rings. The number of hydrogen-bond donors (Lipinski definition) is 3. The molecule has 3 N–H and O–H groups in total. The van der Waals surface area contributed by atoms with Crippen LogP contribution >= 0.6 is 0 Å². The van der Waals surface area contributed by atoms with Crippen molar-refractivity contribution in [3.05, 3.63) is 71.8 Å². The molecule has 178 valence electrons. The van der Waals surface area contributed by atoms with Crippen molar-refractivity contribution in [2.24, 2.45) is 0 Å². The maximum atomic E-state index is 13.5. The lowest BCUT2D eigenvalue weighted by Gasteiger charge is -2.32. The van der Waals surface area contributed by atoms with Crippen molar-refractivity contribution in [1.29, 1.82) is 0 Å². The fraction of sp³-hybridized carbons (Fsp3) is 0.385. The Balaban J connectivity index is 1.61. The Morgan fingerprint density at radius 2 is 1.29 bits per heavy atom. The van der Waals surface area contributed by atoms with Crippen molar-refractivity contribution in [2.75, 3.05) is 6.54 Å². The first-order valence-electron chi connectivity index (χ1n) is 11.7. The highest BCUT2D eigenvalue weighted by Gasteiger charge is 2.40. The highest BCUT2D eigenvalue weighted by atomic mass is 16.2. The summed E-state index contributed by atoms with van der Waals surface area (Å²) in [6.07, 6.45) is 1.78. The fourth-order valence-corrected chi connectivity index (χ4v) is 4.56. The number of nitrogens with one attached hydrogen (secondary N) is 3. The number of carbonyl (C=O) groups excluding carboxylic acids is 4. The highest BCUT2D eigenvalue weighted by molar-refractivity contribution is 5.97. The van der Waals surface area contributed by atoms with Gasteiger partial charge in [0.15, 0.2) is 0 Å². The molecule has 2 heterocycles. The average molecular weight is 463 g/mol. The van der Waals surface area contributed by atoms with Crippen molar-refractivity contribution in [3.63, 3.8) is 0 Å². The van der Waals surface area contributed by atoms with E-state index in [0.717, 1.165) is 11.1 Å². The number of nitrogens with zero attached hydrogens (tertiary/aromatic N) is 1. The summed E-state index contributed by atoms with van der Waals surface area (Å²) in [5.74, 6) is -1.51. The van der Waals surface area contributed by atoms with Gasteiger partial charge in [-0.05, 0) is 30.9 Å². The number of rotatable bonds is 4. The molecule has 0 unspecified atom stereocenters. The van der Waals surface area contributed by atoms with Gasteiger partial charge < -0.3 is 20.9 Å². The van der Waals surface area contributed by atoms with Gasteiger partial charge in [0.2, 0.25) is 23.6 Å². The summed E-state index contributed by atoms with van der Waals surface area (Å²) in [7, 11) is 0. The number of fused-ring (bicyclic) bond motifs is 1. The summed E-state index contributed by atoms with van der Waals surface area (Å²) < 4.78 is 0. The molecule has 8 nitrogen and oxygen atoms in total. The molecule has 4 amide bonds. The van der Waals surface area contributed by atoms with Gasteiger partial charge in [-0.1, -0.05) is 60.7 Å². The van der Waals surface area contributed by atoms with Crippen LogP contribution in [-0.4, -0.2) is 59.2 Å². The first-order valence-corrected chi connectivity index (χ1v) is 11.7. The average Bonchev–Trinajstić information content (AvgIpc) is 3.33. The van der Waals surface area contributed by atoms with Crippen LogP contribution in [0.25, 0.3) is 0 Å². The van der Waals surface area contributed by atoms with Crippen molar-refractivity contribution in [2.45, 2.75) is 56.8 Å². The second kappa shape index (κ2) is 10.5. The van der Waals surface area contributed by atoms with Crippen LogP contribution in [0.4, 0.5) is 0 Å². The maximum absolute atomic E-state index is 13.5. The molecular weight excluding hydrogens is 432 g/mol. The van der Waals surface area contributed by atoms with E-state index in [-0.39, 0.29) is 18.2 Å². The van der Waals surface area contributed by atoms with E-state index in [9.17, 15) is 19.2 Å². The molecule has 8 heteroatoms. The molecule has 4 rings (SSSR count). The first-order chi connectivity index (χ1) is 16.4. The number of hydrogen-bond acceptors (Lipinski definition) is 4. The SMILES string of the molecule is C[C@@H]1NC(=O)[C@H](Cc2ccccc2)NC(=O)[C@H]2CCCN2C(=O)[C@H](Cc2ccccc2)NC1=O. The minimum absolute atomic E-state index is 0.282. The lowest BCUT2D eigenvalue weighted by atomic mass is 10.0. The van der Waals surface area contributed by atoms with Gasteiger partial charge in [-0.25, -0.2) is 0 Å². The molecule has 0 aliphatic carbocycles. The monoisotopic (exact) mass is 462 g/mol. The van der Waals surface area contributed by atoms with Crippen LogP contribution in [0.5, 0.6) is 0 Å². The lowest BCUT2D eigenvalue weighted by molar-refractivity contribution is -0.143. The molecule has 2 saturated heterocycles. The first kappa shape index (κ1) is 23.5. The molecular formula is C26H30N4O4. The largest absolute Gasteiger partial charge is 0.343 e. The zero-order chi connectivity index (χ0) is 24.1. The van der Waals surface area contributed by atoms with E-state index in [0.29, 0.717) is 25.8 Å². The second-order valence-electron chi connectivity index (χ2n) is 8.92. The van der Waals surface area contributed by atoms with Gasteiger partial charge in [0.05, 0.1) is 0 Å². The van der Waals surface area contributed by atoms with Crippen LogP contribution in [0.3, 0.4) is 0 Å². The summed E-state index contributed by atoms with van der Waals surface area (Å²) in [5.41, 5.74) is 1.78. The molecule has 2 fully saturated rings. The molecule has 0 aromatic heterocycles. The minimum Gasteiger partial charge on any atom is -0.343 e. The molecule has 2 aromatic rings. The standard InChI is InChI=1S/C26H30N4O4/c1-17-23(31)29-21(16-19-11-6-3-7-12-19)26(34)30-14-8-13-22(30)25(33)28-20(24(32)27-17)15-18-9-4-2-5-10-18/h2-7,9-12,17,20-22H,8,13-16H2,1H3,(H,27,32)(H,28,33)(H,29,31)/t17-,20-,21-,22+/m0/s1. The van der Waals surface area contributed by atoms with E-state index in [1.807, 2.05) is 60.7 Å². The predicted molar refractivity (Wildman–Crippen MR) is 126 cm³/mol. The number of amides is 4. The van der Waals surface area contributed by atoms with Gasteiger partial charge in [0.25, 0.3) is 0 Å². The van der Waals surface area contributed by atoms with Crippen LogP contribution < -0.4 is 16.0 Å². The number of benzene rings is 2. The van der Waals surface area contributed by atoms with Gasteiger partial charge in [-0.2, -0.15) is 0 Å². The summed E-state index contributed by atoms with van der Waals surface area (Å²) in [5, 5.41) is 8.37. The Bertz CT molecular complexity index is 1040. The lowest BCUT2D eigenvalue weighted by Crippen LogP contribution is -2.61. The summed E-state index contributed by atoms with van der Waals surface area (Å²) in [4.78, 5) is 54.4. The molecule has 0 bridgehead atoms. The predicted octanol–water partition coefficient (Wildman–Crippen LogP) is 0.951. The van der Waals surface area contributed by atoms with Crippen molar-refractivity contribution < 1.29 is 19.2 Å². The molecule has 0 saturated carbocycles. The third-order valence-corrected chi connectivity index (χ3v) is 6.40. The van der Waals surface area contributed by atoms with Crippen LogP contribution in [-0.2, 0) is 32.0 Å². The van der Waals surface area contributed by atoms with E-state index < -0.39 is 36.0 Å². The van der Waals surface area contributed by atoms with E-state index in [1.165, 1.54) is 0 Å². The zero-order valence-electron chi connectivity index (χ0n) is 19.2. The van der Waals surface area contributed by atoms with Gasteiger partial charge >= 0.3 is 0 Å². The quantitative estimate of drug-likeness (QED) is 0.629. The summed E-state index contributed by atoms with van der Waals surface area (Å²) >= 11 is 0. The summed E-state index contributed by atoms with van der Waals surface area (Å²) in [6, 6.07) is 15.5. The molecule has 2 aromatic carbocycles. The third kappa shape index (κ3) is 5.44. The van der Waals surface area contributed by atoms with Gasteiger partial charge in [-0.15, -0.1) is 0 Å². The van der Waals surface area contributed by atoms with E-state index in [4.69, 9.17) is 0 Å². The Kier molecular flexibility index (Phi) is 7.25. The van der Waals surface area contributed by atoms with Gasteiger partial charge in [0, 0.05) is 19.4 Å². The number of carbonyl (C=O) groups is 4. The van der Waals surface area contributed by atoms with Gasteiger partial charge in [-0.3, -0.25) is 19.2 Å². The van der Waals surface area contributed by atoms with E-state index in [2.05, 4.69) is 16.0 Å². The third-order valence-electron chi connectivity index (χ3n) is 6.40. The normalized spacial score (nSPS) is 26.0. The molecule has 4 atom stereocenters. The Hall–Kier alpha value is -3.68. The van der Waals surface area contributed by atoms with Crippen LogP contribution in [0, 0.1) is 0 Å². The maximum Gasteiger partial charge on any atom is 0.246 e. The Labute approximate surface area is 199 Å². The fourth-order valence-electron chi connectivity index (χ4n) is 4.56. The van der Waals surface area contributed by atoms with Crippen LogP contribution in [0.2, 0.25) is 0 Å². The summed E-state index contributed by atoms with van der Waals surface area (Å²) in [6.45, 7) is 2.01.